The van der Waals surface area contributed by atoms with Gasteiger partial charge < -0.3 is 9.72 Å². The minimum atomic E-state index is -2.81. The van der Waals surface area contributed by atoms with Crippen LogP contribution in [0.25, 0.3) is 21.9 Å². The molecular formula is C22H20F2N4O3. The number of hydrogen-bond acceptors (Lipinski definition) is 5. The maximum Gasteiger partial charge on any atom is 0.320 e. The van der Waals surface area contributed by atoms with Gasteiger partial charge in [-0.1, -0.05) is 24.3 Å². The number of imidazole rings is 1. The largest absolute Gasteiger partial charge is 0.454 e. The van der Waals surface area contributed by atoms with E-state index < -0.39 is 18.6 Å². The van der Waals surface area contributed by atoms with Crippen LogP contribution < -0.4 is 5.56 Å². The maximum absolute atomic E-state index is 13.6. The highest BCUT2D eigenvalue weighted by molar-refractivity contribution is 5.77. The number of rotatable bonds is 7. The summed E-state index contributed by atoms with van der Waals surface area (Å²) in [4.78, 5) is 35.7. The van der Waals surface area contributed by atoms with Crippen LogP contribution in [-0.2, 0) is 16.0 Å². The van der Waals surface area contributed by atoms with Gasteiger partial charge in [0.2, 0.25) is 0 Å². The van der Waals surface area contributed by atoms with Crippen LogP contribution in [0.2, 0.25) is 0 Å². The lowest BCUT2D eigenvalue weighted by molar-refractivity contribution is -0.149. The third kappa shape index (κ3) is 4.30. The molecule has 0 saturated carbocycles. The van der Waals surface area contributed by atoms with Gasteiger partial charge in [-0.2, -0.15) is 8.78 Å². The predicted molar refractivity (Wildman–Crippen MR) is 111 cm³/mol. The van der Waals surface area contributed by atoms with Crippen LogP contribution in [0.1, 0.15) is 44.1 Å². The molecule has 1 unspecified atom stereocenters. The Morgan fingerprint density at radius 3 is 2.58 bits per heavy atom. The number of benzene rings is 2. The second-order valence-corrected chi connectivity index (χ2v) is 7.12. The molecule has 4 rings (SSSR count). The summed E-state index contributed by atoms with van der Waals surface area (Å²) in [6.07, 6.45) is -0.125. The molecule has 2 heterocycles. The van der Waals surface area contributed by atoms with Crippen molar-refractivity contribution in [1.29, 1.82) is 0 Å². The smallest absolute Gasteiger partial charge is 0.320 e. The number of nitrogens with one attached hydrogen (secondary N) is 1. The van der Waals surface area contributed by atoms with Gasteiger partial charge in [-0.25, -0.2) is 9.97 Å². The number of nitrogens with zero attached hydrogens (tertiary/aromatic N) is 3. The minimum absolute atomic E-state index is 0.00919. The lowest BCUT2D eigenvalue weighted by Gasteiger charge is -2.15. The van der Waals surface area contributed by atoms with Gasteiger partial charge in [0.15, 0.2) is 11.9 Å². The van der Waals surface area contributed by atoms with Gasteiger partial charge in [-0.3, -0.25) is 14.2 Å². The zero-order chi connectivity index (χ0) is 22.0. The van der Waals surface area contributed by atoms with Gasteiger partial charge >= 0.3 is 12.5 Å². The third-order valence-corrected chi connectivity index (χ3v) is 4.95. The lowest BCUT2D eigenvalue weighted by atomic mass is 10.2. The summed E-state index contributed by atoms with van der Waals surface area (Å²) in [7, 11) is 0. The summed E-state index contributed by atoms with van der Waals surface area (Å²) in [5.41, 5.74) is 1.04. The van der Waals surface area contributed by atoms with Crippen LogP contribution in [0, 0.1) is 0 Å². The average molecular weight is 426 g/mol. The van der Waals surface area contributed by atoms with E-state index >= 15 is 0 Å². The number of halogens is 2. The molecule has 4 aromatic rings. The summed E-state index contributed by atoms with van der Waals surface area (Å²) in [6.45, 7) is -1.29. The lowest BCUT2D eigenvalue weighted by Crippen LogP contribution is -2.15. The van der Waals surface area contributed by atoms with Gasteiger partial charge in [0.05, 0.1) is 21.9 Å². The zero-order valence-corrected chi connectivity index (χ0v) is 16.7. The highest BCUT2D eigenvalue weighted by Crippen LogP contribution is 2.28. The van der Waals surface area contributed by atoms with Crippen molar-refractivity contribution in [3.8, 4) is 0 Å². The molecule has 0 spiro atoms. The number of aryl methyl sites for hydroxylation is 1. The Morgan fingerprint density at radius 1 is 1.10 bits per heavy atom. The molecule has 160 valence electrons. The molecule has 2 aromatic heterocycles. The maximum atomic E-state index is 13.6. The molecule has 1 atom stereocenters. The van der Waals surface area contributed by atoms with Crippen molar-refractivity contribution in [3.05, 3.63) is 70.5 Å². The third-order valence-electron chi connectivity index (χ3n) is 4.95. The summed E-state index contributed by atoms with van der Waals surface area (Å²) in [5.74, 6) is -0.0716. The molecule has 0 amide bonds. The van der Waals surface area contributed by atoms with Crippen LogP contribution in [0.3, 0.4) is 0 Å². The Labute approximate surface area is 175 Å². The Hall–Kier alpha value is -3.62. The van der Waals surface area contributed by atoms with E-state index in [1.165, 1.54) is 6.92 Å². The normalized spacial score (nSPS) is 12.5. The van der Waals surface area contributed by atoms with E-state index in [0.29, 0.717) is 35.1 Å². The van der Waals surface area contributed by atoms with Gasteiger partial charge in [0.1, 0.15) is 5.82 Å². The molecule has 0 aliphatic rings. The first kappa shape index (κ1) is 20.6. The van der Waals surface area contributed by atoms with Crippen molar-refractivity contribution < 1.29 is 18.3 Å². The van der Waals surface area contributed by atoms with Crippen LogP contribution in [-0.4, -0.2) is 25.5 Å². The number of para-hydroxylation sites is 3. The fraction of sp³-hybridized carbons (Fsp3) is 0.273. The first-order chi connectivity index (χ1) is 14.9. The number of aromatic amines is 1. The van der Waals surface area contributed by atoms with Crippen molar-refractivity contribution in [2.45, 2.75) is 38.8 Å². The van der Waals surface area contributed by atoms with E-state index in [1.807, 2.05) is 0 Å². The number of esters is 1. The molecule has 0 radical (unpaired) electrons. The van der Waals surface area contributed by atoms with E-state index in [-0.39, 0.29) is 23.3 Å². The summed E-state index contributed by atoms with van der Waals surface area (Å²) < 4.78 is 33.3. The topological polar surface area (TPSA) is 89.9 Å². The number of carbonyl (C=O) groups excluding carboxylic acids is 1. The van der Waals surface area contributed by atoms with E-state index in [1.54, 1.807) is 48.5 Å². The van der Waals surface area contributed by atoms with E-state index in [2.05, 4.69) is 15.0 Å². The van der Waals surface area contributed by atoms with Crippen molar-refractivity contribution in [1.82, 2.24) is 19.5 Å². The number of ether oxygens (including phenoxy) is 1. The summed E-state index contributed by atoms with van der Waals surface area (Å²) in [6, 6.07) is 13.5. The number of fused-ring (bicyclic) bond motifs is 2. The first-order valence-electron chi connectivity index (χ1n) is 9.86. The molecule has 31 heavy (non-hydrogen) atoms. The van der Waals surface area contributed by atoms with Crippen LogP contribution >= 0.6 is 0 Å². The first-order valence-corrected chi connectivity index (χ1v) is 9.86. The van der Waals surface area contributed by atoms with Gasteiger partial charge in [-0.15, -0.1) is 0 Å². The Balaban J connectivity index is 1.40. The molecule has 7 nitrogen and oxygen atoms in total. The highest BCUT2D eigenvalue weighted by atomic mass is 19.3. The van der Waals surface area contributed by atoms with Crippen molar-refractivity contribution in [2.75, 3.05) is 0 Å². The molecule has 0 fully saturated rings. The van der Waals surface area contributed by atoms with E-state index in [4.69, 9.17) is 4.74 Å². The average Bonchev–Trinajstić information content (AvgIpc) is 3.14. The van der Waals surface area contributed by atoms with Crippen molar-refractivity contribution in [3.63, 3.8) is 0 Å². The van der Waals surface area contributed by atoms with Crippen molar-refractivity contribution in [2.24, 2.45) is 0 Å². The number of H-pyrrole nitrogens is 1. The van der Waals surface area contributed by atoms with Gasteiger partial charge in [-0.05, 0) is 37.6 Å². The van der Waals surface area contributed by atoms with Crippen molar-refractivity contribution >= 4 is 27.9 Å². The fourth-order valence-electron chi connectivity index (χ4n) is 3.52. The second-order valence-electron chi connectivity index (χ2n) is 7.12. The molecule has 0 bridgehead atoms. The monoisotopic (exact) mass is 426 g/mol. The zero-order valence-electron chi connectivity index (χ0n) is 16.7. The van der Waals surface area contributed by atoms with Gasteiger partial charge in [0, 0.05) is 12.8 Å². The number of hydrogen-bond donors (Lipinski definition) is 1. The summed E-state index contributed by atoms with van der Waals surface area (Å²) in [5, 5.41) is 0.501. The van der Waals surface area contributed by atoms with Crippen LogP contribution in [0.15, 0.2) is 53.3 Å². The molecule has 0 aliphatic heterocycles. The standard InChI is InChI=1S/C22H20F2N4O3/c1-13(20-26-16-9-4-5-10-17(16)28(20)22(23)24)31-19(29)12-6-11-18-25-15-8-3-2-7-14(15)21(30)27-18/h2-5,7-10,13,22H,6,11-12H2,1H3,(H,25,27,30). The Morgan fingerprint density at radius 2 is 1.81 bits per heavy atom. The molecule has 9 heteroatoms. The quantitative estimate of drug-likeness (QED) is 0.445. The number of carbonyl (C=O) groups is 1. The predicted octanol–water partition coefficient (Wildman–Crippen LogP) is 4.30. The van der Waals surface area contributed by atoms with E-state index in [0.717, 1.165) is 4.57 Å². The van der Waals surface area contributed by atoms with Crippen LogP contribution in [0.5, 0.6) is 0 Å². The highest BCUT2D eigenvalue weighted by Gasteiger charge is 2.24. The Bertz CT molecular complexity index is 1300. The molecule has 1 N–H and O–H groups in total. The number of aromatic nitrogens is 4. The number of alkyl halides is 2. The molecule has 0 saturated heterocycles. The minimum Gasteiger partial charge on any atom is -0.454 e. The fourth-order valence-corrected chi connectivity index (χ4v) is 3.52. The molecule has 2 aromatic carbocycles. The van der Waals surface area contributed by atoms with Gasteiger partial charge in [0.25, 0.3) is 5.56 Å². The molecular weight excluding hydrogens is 406 g/mol. The van der Waals surface area contributed by atoms with Crippen LogP contribution in [0.4, 0.5) is 8.78 Å². The summed E-state index contributed by atoms with van der Waals surface area (Å²) >= 11 is 0. The molecule has 0 aliphatic carbocycles. The second kappa shape index (κ2) is 8.63. The SMILES string of the molecule is CC(OC(=O)CCCc1nc2ccccc2c(=O)[nH]1)c1nc2ccccc2n1C(F)F. The Kier molecular flexibility index (Phi) is 5.75. The van der Waals surface area contributed by atoms with E-state index in [9.17, 15) is 18.4 Å².